The van der Waals surface area contributed by atoms with Crippen LogP contribution in [0.3, 0.4) is 0 Å². The van der Waals surface area contributed by atoms with Gasteiger partial charge in [0.1, 0.15) is 5.69 Å². The van der Waals surface area contributed by atoms with E-state index in [-0.39, 0.29) is 12.5 Å². The fraction of sp³-hybridized carbons (Fsp3) is 0.722. The van der Waals surface area contributed by atoms with Crippen molar-refractivity contribution in [1.29, 1.82) is 0 Å². The number of guanidine groups is 1. The maximum atomic E-state index is 12.7. The molecular weight excluding hydrogens is 373 g/mol. The van der Waals surface area contributed by atoms with Crippen molar-refractivity contribution in [2.45, 2.75) is 58.2 Å². The molecule has 0 spiro atoms. The van der Waals surface area contributed by atoms with Gasteiger partial charge in [0, 0.05) is 25.8 Å². The molecule has 1 heterocycles. The van der Waals surface area contributed by atoms with Crippen LogP contribution < -0.4 is 16.0 Å². The summed E-state index contributed by atoms with van der Waals surface area (Å²) in [7, 11) is 0. The van der Waals surface area contributed by atoms with Gasteiger partial charge in [-0.1, -0.05) is 26.7 Å². The number of rotatable bonds is 11. The summed E-state index contributed by atoms with van der Waals surface area (Å²) in [6.45, 7) is 7.61. The predicted octanol–water partition coefficient (Wildman–Crippen LogP) is 2.79. The molecule has 28 heavy (non-hydrogen) atoms. The van der Waals surface area contributed by atoms with Gasteiger partial charge in [0.15, 0.2) is 5.96 Å². The molecule has 0 saturated heterocycles. The minimum absolute atomic E-state index is 0.0844. The number of hydrogen-bond acceptors (Lipinski definition) is 5. The second-order valence-electron chi connectivity index (χ2n) is 6.54. The Morgan fingerprint density at radius 2 is 1.79 bits per heavy atom. The molecular formula is C18H31F3N6O. The smallest absolute Gasteiger partial charge is 0.388 e. The molecule has 0 aromatic carbocycles. The van der Waals surface area contributed by atoms with Crippen LogP contribution in [0.1, 0.15) is 52.1 Å². The highest BCUT2D eigenvalue weighted by Crippen LogP contribution is 2.27. The Labute approximate surface area is 164 Å². The molecule has 10 heteroatoms. The first kappa shape index (κ1) is 23.9. The lowest BCUT2D eigenvalue weighted by molar-refractivity contribution is -0.141. The Morgan fingerprint density at radius 3 is 2.36 bits per heavy atom. The highest BCUT2D eigenvalue weighted by molar-refractivity contribution is 5.79. The number of halogens is 3. The van der Waals surface area contributed by atoms with E-state index in [0.717, 1.165) is 25.1 Å². The molecule has 0 aliphatic rings. The quantitative estimate of drug-likeness (QED) is 0.257. The maximum absolute atomic E-state index is 12.7. The number of aliphatic imine (C=N–C) groups is 1. The molecule has 0 saturated carbocycles. The first-order chi connectivity index (χ1) is 13.2. The third-order valence-corrected chi connectivity index (χ3v) is 3.95. The number of nitrogens with one attached hydrogen (secondary N) is 3. The summed E-state index contributed by atoms with van der Waals surface area (Å²) in [5.74, 6) is 0.457. The van der Waals surface area contributed by atoms with E-state index >= 15 is 0 Å². The van der Waals surface area contributed by atoms with Gasteiger partial charge in [-0.2, -0.15) is 13.2 Å². The van der Waals surface area contributed by atoms with Gasteiger partial charge < -0.3 is 21.1 Å². The Kier molecular flexibility index (Phi) is 9.98. The van der Waals surface area contributed by atoms with E-state index in [0.29, 0.717) is 38.4 Å². The first-order valence-corrected chi connectivity index (χ1v) is 9.62. The Morgan fingerprint density at radius 1 is 1.11 bits per heavy atom. The third kappa shape index (κ3) is 8.73. The molecule has 160 valence electrons. The Balaban J connectivity index is 2.57. The summed E-state index contributed by atoms with van der Waals surface area (Å²) < 4.78 is 38.0. The van der Waals surface area contributed by atoms with Crippen LogP contribution in [0.25, 0.3) is 0 Å². The van der Waals surface area contributed by atoms with Gasteiger partial charge in [0.2, 0.25) is 5.95 Å². The molecule has 1 aromatic heterocycles. The standard InChI is InChI=1S/C18H31F3N6O/c1-4-8-17(28,9-5-2)13-26-15(22-6-3)24-11-12-25-16-23-10-7-14(27-16)18(19,20)21/h7,10,28H,4-6,8-9,11-13H2,1-3H3,(H2,22,24,26)(H,23,25,27). The van der Waals surface area contributed by atoms with Crippen molar-refractivity contribution in [1.82, 2.24) is 20.6 Å². The average molecular weight is 404 g/mol. The SMILES string of the molecule is CCCC(O)(CCC)CN=C(NCC)NCCNc1nccc(C(F)(F)F)n1. The number of anilines is 1. The van der Waals surface area contributed by atoms with Crippen molar-refractivity contribution in [3.63, 3.8) is 0 Å². The molecule has 0 atom stereocenters. The Hall–Kier alpha value is -2.10. The molecule has 0 radical (unpaired) electrons. The van der Waals surface area contributed by atoms with Crippen LogP contribution in [0.4, 0.5) is 19.1 Å². The summed E-state index contributed by atoms with van der Waals surface area (Å²) in [5.41, 5.74) is -1.81. The van der Waals surface area contributed by atoms with E-state index < -0.39 is 17.5 Å². The fourth-order valence-electron chi connectivity index (χ4n) is 2.74. The lowest BCUT2D eigenvalue weighted by Gasteiger charge is -2.26. The van der Waals surface area contributed by atoms with E-state index in [1.165, 1.54) is 0 Å². The van der Waals surface area contributed by atoms with Gasteiger partial charge in [0.05, 0.1) is 12.1 Å². The van der Waals surface area contributed by atoms with Crippen molar-refractivity contribution >= 4 is 11.9 Å². The van der Waals surface area contributed by atoms with Gasteiger partial charge in [-0.15, -0.1) is 0 Å². The minimum Gasteiger partial charge on any atom is -0.388 e. The zero-order chi connectivity index (χ0) is 21.0. The van der Waals surface area contributed by atoms with Crippen LogP contribution in [0.2, 0.25) is 0 Å². The van der Waals surface area contributed by atoms with Crippen LogP contribution in [0.15, 0.2) is 17.3 Å². The largest absolute Gasteiger partial charge is 0.433 e. The predicted molar refractivity (Wildman–Crippen MR) is 104 cm³/mol. The van der Waals surface area contributed by atoms with Crippen molar-refractivity contribution in [2.24, 2.45) is 4.99 Å². The van der Waals surface area contributed by atoms with Crippen molar-refractivity contribution in [2.75, 3.05) is 31.5 Å². The number of nitrogens with zero attached hydrogens (tertiary/aromatic N) is 3. The van der Waals surface area contributed by atoms with E-state index in [1.807, 2.05) is 20.8 Å². The molecule has 7 nitrogen and oxygen atoms in total. The molecule has 0 amide bonds. The summed E-state index contributed by atoms with van der Waals surface area (Å²) in [6.07, 6.45) is -0.333. The van der Waals surface area contributed by atoms with E-state index in [9.17, 15) is 18.3 Å². The van der Waals surface area contributed by atoms with Gasteiger partial charge in [-0.25, -0.2) is 9.97 Å². The monoisotopic (exact) mass is 404 g/mol. The fourth-order valence-corrected chi connectivity index (χ4v) is 2.74. The molecule has 0 bridgehead atoms. The van der Waals surface area contributed by atoms with E-state index in [2.05, 4.69) is 30.9 Å². The van der Waals surface area contributed by atoms with Crippen molar-refractivity contribution in [3.8, 4) is 0 Å². The Bertz CT molecular complexity index is 603. The highest BCUT2D eigenvalue weighted by atomic mass is 19.4. The van der Waals surface area contributed by atoms with Crippen LogP contribution in [-0.2, 0) is 6.18 Å². The number of hydrogen-bond donors (Lipinski definition) is 4. The zero-order valence-electron chi connectivity index (χ0n) is 16.7. The number of aromatic nitrogens is 2. The lowest BCUT2D eigenvalue weighted by atomic mass is 9.93. The summed E-state index contributed by atoms with van der Waals surface area (Å²) in [5, 5.41) is 19.6. The van der Waals surface area contributed by atoms with Gasteiger partial charge >= 0.3 is 6.18 Å². The normalized spacial score (nSPS) is 12.8. The van der Waals surface area contributed by atoms with Crippen molar-refractivity contribution in [3.05, 3.63) is 18.0 Å². The molecule has 0 fully saturated rings. The molecule has 1 rings (SSSR count). The average Bonchev–Trinajstić information content (AvgIpc) is 2.63. The molecule has 4 N–H and O–H groups in total. The summed E-state index contributed by atoms with van der Waals surface area (Å²) in [4.78, 5) is 11.7. The van der Waals surface area contributed by atoms with Crippen LogP contribution in [0, 0.1) is 0 Å². The van der Waals surface area contributed by atoms with E-state index in [4.69, 9.17) is 0 Å². The number of alkyl halides is 3. The van der Waals surface area contributed by atoms with Gasteiger partial charge in [0.25, 0.3) is 0 Å². The third-order valence-electron chi connectivity index (χ3n) is 3.95. The van der Waals surface area contributed by atoms with Crippen LogP contribution in [-0.4, -0.2) is 52.8 Å². The van der Waals surface area contributed by atoms with E-state index in [1.54, 1.807) is 0 Å². The minimum atomic E-state index is -4.50. The second-order valence-corrected chi connectivity index (χ2v) is 6.54. The van der Waals surface area contributed by atoms with Crippen molar-refractivity contribution < 1.29 is 18.3 Å². The molecule has 0 aliphatic carbocycles. The summed E-state index contributed by atoms with van der Waals surface area (Å²) >= 11 is 0. The van der Waals surface area contributed by atoms with Crippen LogP contribution >= 0.6 is 0 Å². The maximum Gasteiger partial charge on any atom is 0.433 e. The first-order valence-electron chi connectivity index (χ1n) is 9.62. The van der Waals surface area contributed by atoms with Gasteiger partial charge in [-0.3, -0.25) is 4.99 Å². The van der Waals surface area contributed by atoms with Gasteiger partial charge in [-0.05, 0) is 25.8 Å². The number of aliphatic hydroxyl groups is 1. The summed E-state index contributed by atoms with van der Waals surface area (Å²) in [6, 6.07) is 0.826. The highest BCUT2D eigenvalue weighted by Gasteiger charge is 2.32. The molecule has 0 aliphatic heterocycles. The molecule has 1 aromatic rings. The lowest BCUT2D eigenvalue weighted by Crippen LogP contribution is -2.41. The zero-order valence-corrected chi connectivity index (χ0v) is 16.7. The molecule has 0 unspecified atom stereocenters. The topological polar surface area (TPSA) is 94.5 Å². The van der Waals surface area contributed by atoms with Crippen LogP contribution in [0.5, 0.6) is 0 Å². The second kappa shape index (κ2) is 11.7.